The van der Waals surface area contributed by atoms with Crippen molar-refractivity contribution >= 4 is 5.69 Å². The molecule has 0 amide bonds. The molecule has 0 aliphatic carbocycles. The summed E-state index contributed by atoms with van der Waals surface area (Å²) >= 11 is 0. The predicted molar refractivity (Wildman–Crippen MR) is 66.2 cm³/mol. The summed E-state index contributed by atoms with van der Waals surface area (Å²) < 4.78 is 1.51. The SMILES string of the molecule is CCCCC(CC)Cn1ncc(N)cc1=O. The van der Waals surface area contributed by atoms with Crippen LogP contribution in [-0.2, 0) is 6.54 Å². The Morgan fingerprint density at radius 3 is 2.81 bits per heavy atom. The van der Waals surface area contributed by atoms with E-state index in [0.29, 0.717) is 18.2 Å². The first-order valence-electron chi connectivity index (χ1n) is 6.00. The van der Waals surface area contributed by atoms with Gasteiger partial charge in [-0.15, -0.1) is 0 Å². The van der Waals surface area contributed by atoms with E-state index in [4.69, 9.17) is 5.73 Å². The number of anilines is 1. The van der Waals surface area contributed by atoms with Crippen molar-refractivity contribution in [3.05, 3.63) is 22.6 Å². The van der Waals surface area contributed by atoms with Crippen LogP contribution in [-0.4, -0.2) is 9.78 Å². The van der Waals surface area contributed by atoms with Crippen molar-refractivity contribution in [2.45, 2.75) is 46.1 Å². The zero-order chi connectivity index (χ0) is 12.0. The van der Waals surface area contributed by atoms with E-state index in [1.54, 1.807) is 0 Å². The molecule has 4 heteroatoms. The molecular formula is C12H21N3O. The van der Waals surface area contributed by atoms with Crippen LogP contribution in [0.15, 0.2) is 17.1 Å². The van der Waals surface area contributed by atoms with Crippen LogP contribution in [0, 0.1) is 5.92 Å². The number of hydrogen-bond donors (Lipinski definition) is 1. The second kappa shape index (κ2) is 6.30. The molecule has 0 bridgehead atoms. The third kappa shape index (κ3) is 3.68. The quantitative estimate of drug-likeness (QED) is 0.802. The molecule has 1 atom stereocenters. The first kappa shape index (κ1) is 12.7. The van der Waals surface area contributed by atoms with Gasteiger partial charge in [0.1, 0.15) is 0 Å². The Morgan fingerprint density at radius 1 is 1.50 bits per heavy atom. The number of nitrogens with zero attached hydrogens (tertiary/aromatic N) is 2. The van der Waals surface area contributed by atoms with E-state index in [2.05, 4.69) is 18.9 Å². The Morgan fingerprint density at radius 2 is 2.25 bits per heavy atom. The highest BCUT2D eigenvalue weighted by atomic mass is 16.1. The fourth-order valence-corrected chi connectivity index (χ4v) is 1.75. The van der Waals surface area contributed by atoms with Gasteiger partial charge in [-0.05, 0) is 12.3 Å². The van der Waals surface area contributed by atoms with Gasteiger partial charge < -0.3 is 5.73 Å². The van der Waals surface area contributed by atoms with Gasteiger partial charge in [0, 0.05) is 12.6 Å². The van der Waals surface area contributed by atoms with E-state index in [0.717, 1.165) is 12.8 Å². The Kier molecular flexibility index (Phi) is 5.02. The van der Waals surface area contributed by atoms with Crippen molar-refractivity contribution in [1.82, 2.24) is 9.78 Å². The summed E-state index contributed by atoms with van der Waals surface area (Å²) in [7, 11) is 0. The Labute approximate surface area is 96.5 Å². The fourth-order valence-electron chi connectivity index (χ4n) is 1.75. The standard InChI is InChI=1S/C12H21N3O/c1-3-5-6-10(4-2)9-15-12(16)7-11(13)8-14-15/h7-8,10H,3-6,9,13H2,1-2H3. The smallest absolute Gasteiger partial charge is 0.268 e. The normalized spacial score (nSPS) is 12.6. The van der Waals surface area contributed by atoms with Crippen LogP contribution >= 0.6 is 0 Å². The van der Waals surface area contributed by atoms with Crippen LogP contribution in [0.4, 0.5) is 5.69 Å². The topological polar surface area (TPSA) is 60.9 Å². The summed E-state index contributed by atoms with van der Waals surface area (Å²) in [6, 6.07) is 1.43. The molecule has 16 heavy (non-hydrogen) atoms. The average Bonchev–Trinajstić information content (AvgIpc) is 2.27. The highest BCUT2D eigenvalue weighted by Crippen LogP contribution is 2.13. The highest BCUT2D eigenvalue weighted by Gasteiger charge is 2.08. The minimum Gasteiger partial charge on any atom is -0.397 e. The van der Waals surface area contributed by atoms with Gasteiger partial charge in [0.15, 0.2) is 0 Å². The molecule has 0 radical (unpaired) electrons. The van der Waals surface area contributed by atoms with E-state index in [1.165, 1.54) is 29.8 Å². The molecular weight excluding hydrogens is 202 g/mol. The van der Waals surface area contributed by atoms with Crippen LogP contribution in [0.3, 0.4) is 0 Å². The van der Waals surface area contributed by atoms with Crippen molar-refractivity contribution in [2.75, 3.05) is 5.73 Å². The van der Waals surface area contributed by atoms with Gasteiger partial charge >= 0.3 is 0 Å². The lowest BCUT2D eigenvalue weighted by Crippen LogP contribution is -2.26. The molecule has 1 heterocycles. The summed E-state index contributed by atoms with van der Waals surface area (Å²) in [6.45, 7) is 5.04. The molecule has 0 aromatic carbocycles. The fraction of sp³-hybridized carbons (Fsp3) is 0.667. The van der Waals surface area contributed by atoms with Gasteiger partial charge in [0.25, 0.3) is 5.56 Å². The molecule has 0 spiro atoms. The number of aromatic nitrogens is 2. The zero-order valence-corrected chi connectivity index (χ0v) is 10.1. The Balaban J connectivity index is 2.66. The van der Waals surface area contributed by atoms with Crippen LogP contribution in [0.1, 0.15) is 39.5 Å². The van der Waals surface area contributed by atoms with Crippen molar-refractivity contribution in [3.63, 3.8) is 0 Å². The number of hydrogen-bond acceptors (Lipinski definition) is 3. The van der Waals surface area contributed by atoms with E-state index in [9.17, 15) is 4.79 Å². The molecule has 0 fully saturated rings. The van der Waals surface area contributed by atoms with Crippen molar-refractivity contribution in [2.24, 2.45) is 5.92 Å². The molecule has 1 aromatic rings. The summed E-state index contributed by atoms with van der Waals surface area (Å²) in [5.41, 5.74) is 5.83. The Bertz CT molecular complexity index is 373. The predicted octanol–water partition coefficient (Wildman–Crippen LogP) is 2.04. The summed E-state index contributed by atoms with van der Waals surface area (Å²) in [5, 5.41) is 4.05. The largest absolute Gasteiger partial charge is 0.397 e. The van der Waals surface area contributed by atoms with Crippen LogP contribution in [0.2, 0.25) is 0 Å². The molecule has 90 valence electrons. The minimum absolute atomic E-state index is 0.102. The molecule has 2 N–H and O–H groups in total. The second-order valence-electron chi connectivity index (χ2n) is 4.23. The zero-order valence-electron chi connectivity index (χ0n) is 10.1. The summed E-state index contributed by atoms with van der Waals surface area (Å²) in [4.78, 5) is 11.6. The third-order valence-corrected chi connectivity index (χ3v) is 2.87. The monoisotopic (exact) mass is 223 g/mol. The van der Waals surface area contributed by atoms with Crippen molar-refractivity contribution in [1.29, 1.82) is 0 Å². The van der Waals surface area contributed by atoms with Gasteiger partial charge in [-0.3, -0.25) is 4.79 Å². The lowest BCUT2D eigenvalue weighted by Gasteiger charge is -2.14. The summed E-state index contributed by atoms with van der Waals surface area (Å²) in [5.74, 6) is 0.536. The molecule has 0 aliphatic rings. The minimum atomic E-state index is -0.102. The maximum absolute atomic E-state index is 11.6. The molecule has 0 saturated heterocycles. The maximum Gasteiger partial charge on any atom is 0.268 e. The van der Waals surface area contributed by atoms with E-state index in [1.807, 2.05) is 0 Å². The third-order valence-electron chi connectivity index (χ3n) is 2.87. The van der Waals surface area contributed by atoms with Gasteiger partial charge in [0.2, 0.25) is 0 Å². The lowest BCUT2D eigenvalue weighted by atomic mass is 9.99. The first-order chi connectivity index (χ1) is 7.67. The molecule has 1 rings (SSSR count). The lowest BCUT2D eigenvalue weighted by molar-refractivity contribution is 0.363. The van der Waals surface area contributed by atoms with Crippen LogP contribution < -0.4 is 11.3 Å². The number of nitrogen functional groups attached to an aromatic ring is 1. The van der Waals surface area contributed by atoms with E-state index in [-0.39, 0.29) is 5.56 Å². The molecule has 0 aliphatic heterocycles. The van der Waals surface area contributed by atoms with Gasteiger partial charge in [0.05, 0.1) is 11.9 Å². The molecule has 1 aromatic heterocycles. The number of unbranched alkanes of at least 4 members (excludes halogenated alkanes) is 1. The van der Waals surface area contributed by atoms with E-state index >= 15 is 0 Å². The van der Waals surface area contributed by atoms with Crippen molar-refractivity contribution in [3.8, 4) is 0 Å². The highest BCUT2D eigenvalue weighted by molar-refractivity contribution is 5.31. The average molecular weight is 223 g/mol. The summed E-state index contributed by atoms with van der Waals surface area (Å²) in [6.07, 6.45) is 6.18. The van der Waals surface area contributed by atoms with Crippen LogP contribution in [0.25, 0.3) is 0 Å². The van der Waals surface area contributed by atoms with Gasteiger partial charge in [-0.1, -0.05) is 33.1 Å². The van der Waals surface area contributed by atoms with Gasteiger partial charge in [-0.25, -0.2) is 4.68 Å². The first-order valence-corrected chi connectivity index (χ1v) is 6.00. The molecule has 0 saturated carbocycles. The number of nitrogens with two attached hydrogens (primary N) is 1. The van der Waals surface area contributed by atoms with Gasteiger partial charge in [-0.2, -0.15) is 5.10 Å². The van der Waals surface area contributed by atoms with Crippen LogP contribution in [0.5, 0.6) is 0 Å². The molecule has 1 unspecified atom stereocenters. The Hall–Kier alpha value is -1.32. The second-order valence-corrected chi connectivity index (χ2v) is 4.23. The maximum atomic E-state index is 11.6. The molecule has 4 nitrogen and oxygen atoms in total. The van der Waals surface area contributed by atoms with Crippen molar-refractivity contribution < 1.29 is 0 Å². The number of rotatable bonds is 6. The van der Waals surface area contributed by atoms with E-state index < -0.39 is 0 Å².